The first-order valence-electron chi connectivity index (χ1n) is 6.84. The van der Waals surface area contributed by atoms with Crippen molar-refractivity contribution in [3.63, 3.8) is 0 Å². The quantitative estimate of drug-likeness (QED) is 0.673. The molecule has 0 aliphatic heterocycles. The lowest BCUT2D eigenvalue weighted by atomic mass is 10.1. The van der Waals surface area contributed by atoms with E-state index in [0.717, 1.165) is 17.8 Å². The lowest BCUT2D eigenvalue weighted by molar-refractivity contribution is -0.384. The molecule has 6 nitrogen and oxygen atoms in total. The molecule has 110 valence electrons. The van der Waals surface area contributed by atoms with E-state index in [-0.39, 0.29) is 11.7 Å². The summed E-state index contributed by atoms with van der Waals surface area (Å²) < 4.78 is 0. The van der Waals surface area contributed by atoms with Gasteiger partial charge in [0.25, 0.3) is 5.69 Å². The Labute approximate surface area is 123 Å². The number of nitrogens with zero attached hydrogens (tertiary/aromatic N) is 3. The molecule has 1 atom stereocenters. The average molecular weight is 286 g/mol. The van der Waals surface area contributed by atoms with Crippen molar-refractivity contribution in [1.29, 1.82) is 0 Å². The Morgan fingerprint density at radius 3 is 2.76 bits per heavy atom. The summed E-state index contributed by atoms with van der Waals surface area (Å²) in [6, 6.07) is 8.29. The Morgan fingerprint density at radius 2 is 2.10 bits per heavy atom. The Morgan fingerprint density at radius 1 is 1.33 bits per heavy atom. The first-order chi connectivity index (χ1) is 9.99. The highest BCUT2D eigenvalue weighted by Crippen LogP contribution is 2.21. The predicted molar refractivity (Wildman–Crippen MR) is 80.8 cm³/mol. The fraction of sp³-hybridized carbons (Fsp3) is 0.333. The second-order valence-electron chi connectivity index (χ2n) is 5.00. The molecule has 0 spiro atoms. The number of nitrogens with two attached hydrogens (primary N) is 1. The van der Waals surface area contributed by atoms with Crippen LogP contribution in [0.2, 0.25) is 0 Å². The van der Waals surface area contributed by atoms with Crippen molar-refractivity contribution < 1.29 is 4.92 Å². The van der Waals surface area contributed by atoms with Crippen molar-refractivity contribution in [2.45, 2.75) is 32.7 Å². The maximum Gasteiger partial charge on any atom is 0.270 e. The summed E-state index contributed by atoms with van der Waals surface area (Å²) in [7, 11) is 0. The number of aromatic nitrogens is 2. The van der Waals surface area contributed by atoms with E-state index >= 15 is 0 Å². The van der Waals surface area contributed by atoms with Crippen molar-refractivity contribution in [3.8, 4) is 11.4 Å². The monoisotopic (exact) mass is 286 g/mol. The van der Waals surface area contributed by atoms with E-state index < -0.39 is 4.92 Å². The first-order valence-corrected chi connectivity index (χ1v) is 6.84. The molecule has 21 heavy (non-hydrogen) atoms. The molecule has 0 aliphatic rings. The topological polar surface area (TPSA) is 94.9 Å². The summed E-state index contributed by atoms with van der Waals surface area (Å²) in [5.41, 5.74) is 8.31. The van der Waals surface area contributed by atoms with Crippen LogP contribution in [-0.4, -0.2) is 20.9 Å². The number of non-ortho nitro benzene ring substituents is 1. The minimum absolute atomic E-state index is 0.0319. The van der Waals surface area contributed by atoms with E-state index in [9.17, 15) is 10.1 Å². The molecule has 0 radical (unpaired) electrons. The molecule has 1 heterocycles. The number of hydrogen-bond acceptors (Lipinski definition) is 5. The highest BCUT2D eigenvalue weighted by molar-refractivity contribution is 5.59. The number of aryl methyl sites for hydroxylation is 1. The smallest absolute Gasteiger partial charge is 0.270 e. The van der Waals surface area contributed by atoms with E-state index in [4.69, 9.17) is 5.73 Å². The van der Waals surface area contributed by atoms with E-state index in [1.165, 1.54) is 12.1 Å². The first kappa shape index (κ1) is 15.1. The second kappa shape index (κ2) is 6.41. The van der Waals surface area contributed by atoms with Crippen LogP contribution >= 0.6 is 0 Å². The van der Waals surface area contributed by atoms with E-state index in [2.05, 4.69) is 9.97 Å². The van der Waals surface area contributed by atoms with Crippen LogP contribution in [0.25, 0.3) is 11.4 Å². The zero-order valence-electron chi connectivity index (χ0n) is 12.1. The Balaban J connectivity index is 2.39. The second-order valence-corrected chi connectivity index (χ2v) is 5.00. The molecule has 1 unspecified atom stereocenters. The molecule has 0 saturated carbocycles. The minimum Gasteiger partial charge on any atom is -0.327 e. The van der Waals surface area contributed by atoms with Gasteiger partial charge in [0.1, 0.15) is 0 Å². The summed E-state index contributed by atoms with van der Waals surface area (Å²) in [5.74, 6) is 0.497. The lowest BCUT2D eigenvalue weighted by Gasteiger charge is -2.10. The van der Waals surface area contributed by atoms with Gasteiger partial charge in [0.2, 0.25) is 0 Å². The molecule has 1 aromatic heterocycles. The molecular weight excluding hydrogens is 268 g/mol. The fourth-order valence-corrected chi connectivity index (χ4v) is 2.04. The SMILES string of the molecule is CCC(N)Cc1cc(C)nc(-c2cccc([N+](=O)[O-])c2)n1. The number of benzene rings is 1. The van der Waals surface area contributed by atoms with Crippen LogP contribution in [0.1, 0.15) is 24.7 Å². The van der Waals surface area contributed by atoms with Crippen LogP contribution in [0.4, 0.5) is 5.69 Å². The third-order valence-electron chi connectivity index (χ3n) is 3.22. The third-order valence-corrected chi connectivity index (χ3v) is 3.22. The molecule has 0 bridgehead atoms. The highest BCUT2D eigenvalue weighted by Gasteiger charge is 2.11. The molecule has 1 aromatic carbocycles. The molecule has 6 heteroatoms. The normalized spacial score (nSPS) is 12.1. The molecule has 0 saturated heterocycles. The molecule has 2 aromatic rings. The van der Waals surface area contributed by atoms with Crippen LogP contribution in [0, 0.1) is 17.0 Å². The maximum atomic E-state index is 10.9. The Bertz CT molecular complexity index is 658. The number of nitro groups is 1. The largest absolute Gasteiger partial charge is 0.327 e. The predicted octanol–water partition coefficient (Wildman–Crippen LogP) is 2.64. The summed E-state index contributed by atoms with van der Waals surface area (Å²) in [6.45, 7) is 3.91. The van der Waals surface area contributed by atoms with Gasteiger partial charge < -0.3 is 5.73 Å². The van der Waals surface area contributed by atoms with Gasteiger partial charge in [-0.05, 0) is 19.4 Å². The van der Waals surface area contributed by atoms with Crippen LogP contribution in [0.3, 0.4) is 0 Å². The van der Waals surface area contributed by atoms with Crippen LogP contribution in [0.15, 0.2) is 30.3 Å². The maximum absolute atomic E-state index is 10.9. The highest BCUT2D eigenvalue weighted by atomic mass is 16.6. The van der Waals surface area contributed by atoms with Gasteiger partial charge in [-0.25, -0.2) is 9.97 Å². The number of nitro benzene ring substituents is 1. The summed E-state index contributed by atoms with van der Waals surface area (Å²) >= 11 is 0. The number of rotatable bonds is 5. The number of hydrogen-bond donors (Lipinski definition) is 1. The molecule has 2 rings (SSSR count). The zero-order chi connectivity index (χ0) is 15.4. The van der Waals surface area contributed by atoms with Crippen LogP contribution < -0.4 is 5.73 Å². The van der Waals surface area contributed by atoms with Crippen molar-refractivity contribution in [3.05, 3.63) is 51.8 Å². The van der Waals surface area contributed by atoms with Gasteiger partial charge in [0.05, 0.1) is 4.92 Å². The van der Waals surface area contributed by atoms with Crippen molar-refractivity contribution in [2.24, 2.45) is 5.73 Å². The minimum atomic E-state index is -0.423. The van der Waals surface area contributed by atoms with Gasteiger partial charge in [-0.1, -0.05) is 19.1 Å². The van der Waals surface area contributed by atoms with Crippen molar-refractivity contribution in [2.75, 3.05) is 0 Å². The van der Waals surface area contributed by atoms with E-state index in [0.29, 0.717) is 17.8 Å². The van der Waals surface area contributed by atoms with Crippen molar-refractivity contribution in [1.82, 2.24) is 9.97 Å². The molecule has 0 aliphatic carbocycles. The Hall–Kier alpha value is -2.34. The standard InChI is InChI=1S/C15H18N4O2/c1-3-12(16)9-13-7-10(2)17-15(18-13)11-5-4-6-14(8-11)19(20)21/h4-8,12H,3,9,16H2,1-2H3. The van der Waals surface area contributed by atoms with E-state index in [1.54, 1.807) is 12.1 Å². The molecule has 0 amide bonds. The van der Waals surface area contributed by atoms with Crippen LogP contribution in [-0.2, 0) is 6.42 Å². The average Bonchev–Trinajstić information content (AvgIpc) is 2.46. The van der Waals surface area contributed by atoms with Gasteiger partial charge in [0, 0.05) is 41.5 Å². The molecule has 0 fully saturated rings. The fourth-order valence-electron chi connectivity index (χ4n) is 2.04. The summed E-state index contributed by atoms with van der Waals surface area (Å²) in [6.07, 6.45) is 1.54. The van der Waals surface area contributed by atoms with Crippen LogP contribution in [0.5, 0.6) is 0 Å². The van der Waals surface area contributed by atoms with Gasteiger partial charge in [0.15, 0.2) is 5.82 Å². The third kappa shape index (κ3) is 3.82. The Kier molecular flexibility index (Phi) is 4.59. The molecular formula is C15H18N4O2. The van der Waals surface area contributed by atoms with Gasteiger partial charge >= 0.3 is 0 Å². The van der Waals surface area contributed by atoms with Crippen molar-refractivity contribution >= 4 is 5.69 Å². The molecule has 2 N–H and O–H groups in total. The summed E-state index contributed by atoms with van der Waals surface area (Å²) in [4.78, 5) is 19.3. The summed E-state index contributed by atoms with van der Waals surface area (Å²) in [5, 5.41) is 10.9. The van der Waals surface area contributed by atoms with E-state index in [1.807, 2.05) is 19.9 Å². The van der Waals surface area contributed by atoms with Gasteiger partial charge in [-0.3, -0.25) is 10.1 Å². The van der Waals surface area contributed by atoms with Gasteiger partial charge in [-0.2, -0.15) is 0 Å². The lowest BCUT2D eigenvalue weighted by Crippen LogP contribution is -2.22. The zero-order valence-corrected chi connectivity index (χ0v) is 12.1. The van der Waals surface area contributed by atoms with Gasteiger partial charge in [-0.15, -0.1) is 0 Å².